The van der Waals surface area contributed by atoms with Crippen LogP contribution in [-0.2, 0) is 4.79 Å². The monoisotopic (exact) mass is 255 g/mol. The van der Waals surface area contributed by atoms with Crippen molar-refractivity contribution in [3.63, 3.8) is 0 Å². The summed E-state index contributed by atoms with van der Waals surface area (Å²) in [6.07, 6.45) is 2.63. The maximum atomic E-state index is 11.9. The zero-order valence-electron chi connectivity index (χ0n) is 9.80. The van der Waals surface area contributed by atoms with E-state index in [1.807, 2.05) is 12.3 Å². The van der Waals surface area contributed by atoms with Gasteiger partial charge in [-0.15, -0.1) is 11.3 Å². The van der Waals surface area contributed by atoms with Crippen molar-refractivity contribution in [1.82, 2.24) is 9.88 Å². The predicted octanol–water partition coefficient (Wildman–Crippen LogP) is 0.784. The number of hydrogen-bond donors (Lipinski definition) is 2. The number of amides is 1. The first kappa shape index (κ1) is 12.5. The van der Waals surface area contributed by atoms with E-state index in [4.69, 9.17) is 5.11 Å². The summed E-state index contributed by atoms with van der Waals surface area (Å²) in [5.74, 6) is 0.281. The van der Waals surface area contributed by atoms with Crippen LogP contribution >= 0.6 is 11.3 Å². The molecule has 1 aliphatic rings. The highest BCUT2D eigenvalue weighted by molar-refractivity contribution is 7.13. The van der Waals surface area contributed by atoms with Crippen LogP contribution in [0.3, 0.4) is 0 Å². The van der Waals surface area contributed by atoms with Gasteiger partial charge in [-0.2, -0.15) is 0 Å². The second kappa shape index (κ2) is 5.57. The second-order valence-electron chi connectivity index (χ2n) is 4.33. The molecule has 2 N–H and O–H groups in total. The molecule has 0 aromatic carbocycles. The standard InChI is InChI=1S/C11H17N3O2S/c1-8(14-4-2-9(6-14)7-15)10(16)13-11-12-3-5-17-11/h3,5,8-9,15H,2,4,6-7H2,1H3,(H,12,13,16). The summed E-state index contributed by atoms with van der Waals surface area (Å²) in [5.41, 5.74) is 0. The van der Waals surface area contributed by atoms with Gasteiger partial charge < -0.3 is 10.4 Å². The Morgan fingerprint density at radius 3 is 3.24 bits per heavy atom. The normalized spacial score (nSPS) is 22.6. The van der Waals surface area contributed by atoms with Gasteiger partial charge in [0.1, 0.15) is 0 Å². The lowest BCUT2D eigenvalue weighted by molar-refractivity contribution is -0.120. The third kappa shape index (κ3) is 3.02. The molecule has 2 rings (SSSR count). The van der Waals surface area contributed by atoms with E-state index in [1.165, 1.54) is 11.3 Å². The van der Waals surface area contributed by atoms with Crippen molar-refractivity contribution in [2.24, 2.45) is 5.92 Å². The fourth-order valence-corrected chi connectivity index (χ4v) is 2.56. The van der Waals surface area contributed by atoms with Gasteiger partial charge in [0.05, 0.1) is 6.04 Å². The van der Waals surface area contributed by atoms with Gasteiger partial charge in [0.25, 0.3) is 0 Å². The van der Waals surface area contributed by atoms with E-state index in [0.29, 0.717) is 11.0 Å². The molecule has 0 saturated carbocycles. The van der Waals surface area contributed by atoms with Crippen molar-refractivity contribution in [3.05, 3.63) is 11.6 Å². The molecule has 0 spiro atoms. The fourth-order valence-electron chi connectivity index (χ4n) is 2.02. The van der Waals surface area contributed by atoms with Gasteiger partial charge >= 0.3 is 0 Å². The summed E-state index contributed by atoms with van der Waals surface area (Å²) in [5, 5.41) is 14.3. The summed E-state index contributed by atoms with van der Waals surface area (Å²) >= 11 is 1.41. The van der Waals surface area contributed by atoms with E-state index in [2.05, 4.69) is 15.2 Å². The zero-order chi connectivity index (χ0) is 12.3. The Kier molecular flexibility index (Phi) is 4.09. The van der Waals surface area contributed by atoms with Crippen molar-refractivity contribution >= 4 is 22.4 Å². The number of hydrogen-bond acceptors (Lipinski definition) is 5. The molecule has 2 heterocycles. The number of anilines is 1. The summed E-state index contributed by atoms with van der Waals surface area (Å²) in [7, 11) is 0. The molecule has 2 atom stereocenters. The Hall–Kier alpha value is -0.980. The molecule has 94 valence electrons. The van der Waals surface area contributed by atoms with Gasteiger partial charge in [-0.05, 0) is 25.8 Å². The van der Waals surface area contributed by atoms with Crippen LogP contribution in [0.1, 0.15) is 13.3 Å². The number of rotatable bonds is 4. The third-order valence-electron chi connectivity index (χ3n) is 3.17. The Morgan fingerprint density at radius 1 is 1.82 bits per heavy atom. The van der Waals surface area contributed by atoms with Gasteiger partial charge in [-0.1, -0.05) is 0 Å². The Morgan fingerprint density at radius 2 is 2.65 bits per heavy atom. The molecule has 1 saturated heterocycles. The highest BCUT2D eigenvalue weighted by Gasteiger charge is 2.29. The number of aliphatic hydroxyl groups excluding tert-OH is 1. The average Bonchev–Trinajstić information content (AvgIpc) is 2.98. The highest BCUT2D eigenvalue weighted by atomic mass is 32.1. The Labute approximate surface area is 104 Å². The predicted molar refractivity (Wildman–Crippen MR) is 67.0 cm³/mol. The number of carbonyl (C=O) groups is 1. The molecule has 0 aliphatic carbocycles. The molecule has 2 unspecified atom stereocenters. The zero-order valence-corrected chi connectivity index (χ0v) is 10.6. The molecule has 1 aromatic rings. The van der Waals surface area contributed by atoms with Crippen LogP contribution in [0.15, 0.2) is 11.6 Å². The third-order valence-corrected chi connectivity index (χ3v) is 3.85. The van der Waals surface area contributed by atoms with Gasteiger partial charge in [-0.3, -0.25) is 9.69 Å². The molecule has 5 nitrogen and oxygen atoms in total. The Bertz CT molecular complexity index is 369. The molecule has 1 aromatic heterocycles. The number of thiazole rings is 1. The van der Waals surface area contributed by atoms with Crippen molar-refractivity contribution in [3.8, 4) is 0 Å². The molecule has 0 bridgehead atoms. The largest absolute Gasteiger partial charge is 0.396 e. The van der Waals surface area contributed by atoms with E-state index in [9.17, 15) is 4.79 Å². The first-order valence-corrected chi connectivity index (χ1v) is 6.64. The number of aliphatic hydroxyl groups is 1. The summed E-state index contributed by atoms with van der Waals surface area (Å²) in [4.78, 5) is 18.1. The molecular formula is C11H17N3O2S. The lowest BCUT2D eigenvalue weighted by atomic mass is 10.1. The van der Waals surface area contributed by atoms with Gasteiger partial charge in [0.15, 0.2) is 5.13 Å². The van der Waals surface area contributed by atoms with Crippen molar-refractivity contribution in [2.45, 2.75) is 19.4 Å². The quantitative estimate of drug-likeness (QED) is 0.834. The minimum atomic E-state index is -0.171. The van der Waals surface area contributed by atoms with Crippen LogP contribution < -0.4 is 5.32 Å². The first-order chi connectivity index (χ1) is 8.20. The van der Waals surface area contributed by atoms with E-state index < -0.39 is 0 Å². The molecule has 0 radical (unpaired) electrons. The number of nitrogens with one attached hydrogen (secondary N) is 1. The van der Waals surface area contributed by atoms with Gasteiger partial charge in [0, 0.05) is 24.7 Å². The second-order valence-corrected chi connectivity index (χ2v) is 5.23. The topological polar surface area (TPSA) is 65.5 Å². The molecule has 6 heteroatoms. The smallest absolute Gasteiger partial charge is 0.243 e. The first-order valence-electron chi connectivity index (χ1n) is 5.76. The summed E-state index contributed by atoms with van der Waals surface area (Å²) in [6, 6.07) is -0.171. The summed E-state index contributed by atoms with van der Waals surface area (Å²) < 4.78 is 0. The van der Waals surface area contributed by atoms with Crippen LogP contribution in [0.25, 0.3) is 0 Å². The summed E-state index contributed by atoms with van der Waals surface area (Å²) in [6.45, 7) is 3.76. The van der Waals surface area contributed by atoms with Crippen LogP contribution in [-0.4, -0.2) is 46.6 Å². The van der Waals surface area contributed by atoms with Gasteiger partial charge in [0.2, 0.25) is 5.91 Å². The number of aromatic nitrogens is 1. The number of carbonyl (C=O) groups excluding carboxylic acids is 1. The number of likely N-dealkylation sites (tertiary alicyclic amines) is 1. The van der Waals surface area contributed by atoms with Gasteiger partial charge in [-0.25, -0.2) is 4.98 Å². The molecule has 1 fully saturated rings. The van der Waals surface area contributed by atoms with E-state index in [-0.39, 0.29) is 18.6 Å². The van der Waals surface area contributed by atoms with Crippen molar-refractivity contribution in [1.29, 1.82) is 0 Å². The lowest BCUT2D eigenvalue weighted by Crippen LogP contribution is -2.40. The van der Waals surface area contributed by atoms with Crippen molar-refractivity contribution in [2.75, 3.05) is 25.0 Å². The molecule has 1 aliphatic heterocycles. The highest BCUT2D eigenvalue weighted by Crippen LogP contribution is 2.19. The van der Waals surface area contributed by atoms with Crippen molar-refractivity contribution < 1.29 is 9.90 Å². The maximum absolute atomic E-state index is 11.9. The maximum Gasteiger partial charge on any atom is 0.243 e. The number of nitrogens with zero attached hydrogens (tertiary/aromatic N) is 2. The molecule has 17 heavy (non-hydrogen) atoms. The SMILES string of the molecule is CC(C(=O)Nc1nccs1)N1CCC(CO)C1. The molecular weight excluding hydrogens is 238 g/mol. The minimum absolute atomic E-state index is 0.0291. The fraction of sp³-hybridized carbons (Fsp3) is 0.636. The average molecular weight is 255 g/mol. The Balaban J connectivity index is 1.87. The van der Waals surface area contributed by atoms with Crippen LogP contribution in [0.2, 0.25) is 0 Å². The van der Waals surface area contributed by atoms with Crippen LogP contribution in [0.4, 0.5) is 5.13 Å². The molecule has 1 amide bonds. The van der Waals surface area contributed by atoms with E-state index >= 15 is 0 Å². The van der Waals surface area contributed by atoms with E-state index in [0.717, 1.165) is 19.5 Å². The van der Waals surface area contributed by atoms with Crippen LogP contribution in [0, 0.1) is 5.92 Å². The lowest BCUT2D eigenvalue weighted by Gasteiger charge is -2.22. The van der Waals surface area contributed by atoms with Crippen LogP contribution in [0.5, 0.6) is 0 Å². The minimum Gasteiger partial charge on any atom is -0.396 e. The van der Waals surface area contributed by atoms with E-state index in [1.54, 1.807) is 6.20 Å².